The highest BCUT2D eigenvalue weighted by Gasteiger charge is 2.27. The monoisotopic (exact) mass is 488 g/mol. The van der Waals surface area contributed by atoms with Gasteiger partial charge in [0.25, 0.3) is 0 Å². The molecule has 0 unspecified atom stereocenters. The number of aromatic nitrogens is 1. The number of carbonyl (C=O) groups excluding carboxylic acids is 1. The quantitative estimate of drug-likeness (QED) is 0.376. The minimum atomic E-state index is -4.03. The van der Waals surface area contributed by atoms with E-state index in [-0.39, 0.29) is 17.9 Å². The molecule has 8 heteroatoms. The van der Waals surface area contributed by atoms with E-state index in [1.165, 1.54) is 6.07 Å². The summed E-state index contributed by atoms with van der Waals surface area (Å²) < 4.78 is 29.4. The van der Waals surface area contributed by atoms with Gasteiger partial charge in [0, 0.05) is 37.9 Å². The molecule has 0 bridgehead atoms. The Bertz CT molecular complexity index is 1400. The Hall–Kier alpha value is -3.75. The van der Waals surface area contributed by atoms with Crippen LogP contribution >= 0.6 is 0 Å². The van der Waals surface area contributed by atoms with Crippen molar-refractivity contribution >= 4 is 32.5 Å². The Balaban J connectivity index is 1.56. The Morgan fingerprint density at radius 2 is 1.60 bits per heavy atom. The summed E-state index contributed by atoms with van der Waals surface area (Å²) >= 11 is 0. The molecule has 0 aliphatic carbocycles. The van der Waals surface area contributed by atoms with Crippen LogP contribution in [0.15, 0.2) is 96.0 Å². The average molecular weight is 489 g/mol. The van der Waals surface area contributed by atoms with E-state index in [0.717, 1.165) is 16.8 Å². The number of hydrogen-bond acceptors (Lipinski definition) is 5. The lowest BCUT2D eigenvalue weighted by Crippen LogP contribution is -2.47. The van der Waals surface area contributed by atoms with E-state index in [4.69, 9.17) is 0 Å². The molecule has 1 amide bonds. The van der Waals surface area contributed by atoms with Gasteiger partial charge in [-0.2, -0.15) is 4.72 Å². The molecule has 4 aromatic rings. The number of rotatable bonds is 9. The molecule has 0 aliphatic heterocycles. The SMILES string of the molecule is CN(C)c1ccc(CNC(=O)[C@H](Cc2ccccc2)NS(=O)(=O)c2cccc3cccnc23)cc1. The summed E-state index contributed by atoms with van der Waals surface area (Å²) in [5.74, 6) is -0.401. The number of nitrogens with zero attached hydrogens (tertiary/aromatic N) is 2. The lowest BCUT2D eigenvalue weighted by molar-refractivity contribution is -0.122. The van der Waals surface area contributed by atoms with Crippen LogP contribution in [0.25, 0.3) is 10.9 Å². The van der Waals surface area contributed by atoms with E-state index in [1.807, 2.05) is 73.6 Å². The third-order valence-electron chi connectivity index (χ3n) is 5.70. The Labute approximate surface area is 205 Å². The van der Waals surface area contributed by atoms with Crippen molar-refractivity contribution in [2.75, 3.05) is 19.0 Å². The van der Waals surface area contributed by atoms with E-state index in [0.29, 0.717) is 10.9 Å². The minimum absolute atomic E-state index is 0.0423. The fourth-order valence-corrected chi connectivity index (χ4v) is 5.18. The number of para-hydroxylation sites is 1. The number of hydrogen-bond donors (Lipinski definition) is 2. The van der Waals surface area contributed by atoms with Crippen LogP contribution in [0, 0.1) is 0 Å². The summed E-state index contributed by atoms with van der Waals surface area (Å²) in [6, 6.07) is 24.7. The van der Waals surface area contributed by atoms with E-state index in [9.17, 15) is 13.2 Å². The Morgan fingerprint density at radius 3 is 2.31 bits per heavy atom. The summed E-state index contributed by atoms with van der Waals surface area (Å²) in [4.78, 5) is 19.5. The number of fused-ring (bicyclic) bond motifs is 1. The lowest BCUT2D eigenvalue weighted by Gasteiger charge is -2.19. The second-order valence-corrected chi connectivity index (χ2v) is 10.2. The molecule has 180 valence electrons. The van der Waals surface area contributed by atoms with Crippen LogP contribution in [-0.2, 0) is 27.8 Å². The summed E-state index contributed by atoms with van der Waals surface area (Å²) in [7, 11) is -0.106. The summed E-state index contributed by atoms with van der Waals surface area (Å²) in [5, 5.41) is 3.59. The number of sulfonamides is 1. The molecule has 1 aromatic heterocycles. The first-order chi connectivity index (χ1) is 16.8. The third kappa shape index (κ3) is 6.03. The molecule has 4 rings (SSSR count). The summed E-state index contributed by atoms with van der Waals surface area (Å²) in [5.41, 5.74) is 3.19. The minimum Gasteiger partial charge on any atom is -0.378 e. The van der Waals surface area contributed by atoms with Gasteiger partial charge in [-0.05, 0) is 41.8 Å². The number of nitrogens with one attached hydrogen (secondary N) is 2. The van der Waals surface area contributed by atoms with Crippen LogP contribution in [0.1, 0.15) is 11.1 Å². The lowest BCUT2D eigenvalue weighted by atomic mass is 10.1. The molecule has 1 heterocycles. The van der Waals surface area contributed by atoms with Crippen molar-refractivity contribution in [2.45, 2.75) is 23.9 Å². The second-order valence-electron chi connectivity index (χ2n) is 8.47. The maximum absolute atomic E-state index is 13.4. The van der Waals surface area contributed by atoms with Crippen LogP contribution in [0.2, 0.25) is 0 Å². The fourth-order valence-electron chi connectivity index (χ4n) is 3.81. The van der Waals surface area contributed by atoms with Crippen LogP contribution < -0.4 is 14.9 Å². The van der Waals surface area contributed by atoms with Gasteiger partial charge in [0.2, 0.25) is 15.9 Å². The Kier molecular flexibility index (Phi) is 7.43. The molecule has 2 N–H and O–H groups in total. The van der Waals surface area contributed by atoms with Crippen LogP contribution in [0.4, 0.5) is 5.69 Å². The van der Waals surface area contributed by atoms with Crippen LogP contribution in [-0.4, -0.2) is 39.4 Å². The van der Waals surface area contributed by atoms with E-state index >= 15 is 0 Å². The van der Waals surface area contributed by atoms with Gasteiger partial charge in [-0.15, -0.1) is 0 Å². The van der Waals surface area contributed by atoms with Crippen molar-refractivity contribution in [3.05, 3.63) is 102 Å². The first-order valence-corrected chi connectivity index (χ1v) is 12.8. The van der Waals surface area contributed by atoms with Gasteiger partial charge in [-0.1, -0.05) is 60.7 Å². The first kappa shape index (κ1) is 24.4. The van der Waals surface area contributed by atoms with Gasteiger partial charge in [0.1, 0.15) is 10.9 Å². The van der Waals surface area contributed by atoms with Crippen molar-refractivity contribution in [3.63, 3.8) is 0 Å². The highest BCUT2D eigenvalue weighted by molar-refractivity contribution is 7.89. The molecular formula is C27H28N4O3S. The van der Waals surface area contributed by atoms with Crippen molar-refractivity contribution in [2.24, 2.45) is 0 Å². The molecule has 0 aliphatic rings. The van der Waals surface area contributed by atoms with E-state index < -0.39 is 22.0 Å². The number of anilines is 1. The van der Waals surface area contributed by atoms with E-state index in [1.54, 1.807) is 30.5 Å². The molecule has 0 saturated heterocycles. The average Bonchev–Trinajstić information content (AvgIpc) is 2.87. The Morgan fingerprint density at radius 1 is 0.886 bits per heavy atom. The maximum atomic E-state index is 13.4. The van der Waals surface area contributed by atoms with Gasteiger partial charge in [0.05, 0.1) is 5.52 Å². The third-order valence-corrected chi connectivity index (χ3v) is 7.20. The molecule has 7 nitrogen and oxygen atoms in total. The van der Waals surface area contributed by atoms with Crippen molar-refractivity contribution in [1.82, 2.24) is 15.0 Å². The molecule has 0 saturated carbocycles. The number of amides is 1. The van der Waals surface area contributed by atoms with Gasteiger partial charge in [0.15, 0.2) is 0 Å². The molecule has 0 spiro atoms. The van der Waals surface area contributed by atoms with Gasteiger partial charge in [-0.25, -0.2) is 8.42 Å². The summed E-state index contributed by atoms with van der Waals surface area (Å²) in [6.07, 6.45) is 1.76. The zero-order valence-corrected chi connectivity index (χ0v) is 20.5. The number of pyridine rings is 1. The molecule has 0 fully saturated rings. The van der Waals surface area contributed by atoms with Crippen LogP contribution in [0.5, 0.6) is 0 Å². The molecule has 3 aromatic carbocycles. The van der Waals surface area contributed by atoms with E-state index in [2.05, 4.69) is 15.0 Å². The van der Waals surface area contributed by atoms with Crippen molar-refractivity contribution in [1.29, 1.82) is 0 Å². The zero-order valence-electron chi connectivity index (χ0n) is 19.7. The summed E-state index contributed by atoms with van der Waals surface area (Å²) in [6.45, 7) is 0.287. The molecule has 1 atom stereocenters. The second kappa shape index (κ2) is 10.7. The zero-order chi connectivity index (χ0) is 24.8. The van der Waals surface area contributed by atoms with Crippen molar-refractivity contribution in [3.8, 4) is 0 Å². The van der Waals surface area contributed by atoms with Gasteiger partial charge in [-0.3, -0.25) is 9.78 Å². The van der Waals surface area contributed by atoms with Crippen LogP contribution in [0.3, 0.4) is 0 Å². The smallest absolute Gasteiger partial charge is 0.243 e. The standard InChI is InChI=1S/C27H28N4O3S/c1-31(2)23-15-13-21(14-16-23)19-29-27(32)24(18-20-8-4-3-5-9-20)30-35(33,34)25-12-6-10-22-11-7-17-28-26(22)25/h3-17,24,30H,18-19H2,1-2H3,(H,29,32)/t24-/m0/s1. The number of carbonyl (C=O) groups is 1. The predicted molar refractivity (Wildman–Crippen MR) is 139 cm³/mol. The normalized spacial score (nSPS) is 12.3. The highest BCUT2D eigenvalue weighted by atomic mass is 32.2. The first-order valence-electron chi connectivity index (χ1n) is 11.3. The topological polar surface area (TPSA) is 91.4 Å². The van der Waals surface area contributed by atoms with Gasteiger partial charge < -0.3 is 10.2 Å². The number of benzene rings is 3. The fraction of sp³-hybridized carbons (Fsp3) is 0.185. The molecule has 35 heavy (non-hydrogen) atoms. The largest absolute Gasteiger partial charge is 0.378 e. The highest BCUT2D eigenvalue weighted by Crippen LogP contribution is 2.21. The van der Waals surface area contributed by atoms with Crippen molar-refractivity contribution < 1.29 is 13.2 Å². The van der Waals surface area contributed by atoms with Gasteiger partial charge >= 0.3 is 0 Å². The maximum Gasteiger partial charge on any atom is 0.243 e. The molecular weight excluding hydrogens is 460 g/mol. The molecule has 0 radical (unpaired) electrons. The predicted octanol–water partition coefficient (Wildman–Crippen LogP) is 3.51.